The van der Waals surface area contributed by atoms with E-state index in [2.05, 4.69) is 4.98 Å². The first-order valence-corrected chi connectivity index (χ1v) is 5.44. The highest BCUT2D eigenvalue weighted by atomic mass is 35.5. The molecule has 1 N–H and O–H groups in total. The summed E-state index contributed by atoms with van der Waals surface area (Å²) in [5.74, 6) is 0.553. The standard InChI is InChI=1S/C12H10ClNO/c13-9-3-1-2-8-11(7-4-5-7)10(6-15)14-12(8)9/h1-3,6-7,14H,4-5H2. The van der Waals surface area contributed by atoms with Crippen molar-refractivity contribution in [3.63, 3.8) is 0 Å². The lowest BCUT2D eigenvalue weighted by atomic mass is 10.1. The predicted molar refractivity (Wildman–Crippen MR) is 60.7 cm³/mol. The highest BCUT2D eigenvalue weighted by molar-refractivity contribution is 6.35. The largest absolute Gasteiger partial charge is 0.351 e. The van der Waals surface area contributed by atoms with E-state index < -0.39 is 0 Å². The number of benzene rings is 1. The van der Waals surface area contributed by atoms with E-state index in [0.29, 0.717) is 16.6 Å². The first-order chi connectivity index (χ1) is 7.31. The number of para-hydroxylation sites is 1. The maximum atomic E-state index is 11.0. The number of halogens is 1. The fourth-order valence-corrected chi connectivity index (χ4v) is 2.35. The molecule has 0 bridgehead atoms. The number of nitrogens with one attached hydrogen (secondary N) is 1. The minimum absolute atomic E-state index is 0.553. The molecule has 0 atom stereocenters. The van der Waals surface area contributed by atoms with Crippen molar-refractivity contribution >= 4 is 28.8 Å². The zero-order valence-corrected chi connectivity index (χ0v) is 8.84. The molecule has 76 valence electrons. The van der Waals surface area contributed by atoms with Crippen molar-refractivity contribution in [1.29, 1.82) is 0 Å². The highest BCUT2D eigenvalue weighted by Crippen LogP contribution is 2.45. The van der Waals surface area contributed by atoms with Gasteiger partial charge in [-0.15, -0.1) is 0 Å². The number of rotatable bonds is 2. The molecule has 0 aliphatic heterocycles. The van der Waals surface area contributed by atoms with Gasteiger partial charge in [-0.25, -0.2) is 0 Å². The summed E-state index contributed by atoms with van der Waals surface area (Å²) in [5, 5.41) is 1.79. The molecule has 0 spiro atoms. The third-order valence-electron chi connectivity index (χ3n) is 2.96. The minimum atomic E-state index is 0.553. The second kappa shape index (κ2) is 3.11. The summed E-state index contributed by atoms with van der Waals surface area (Å²) in [4.78, 5) is 14.1. The van der Waals surface area contributed by atoms with Crippen LogP contribution in [0.25, 0.3) is 10.9 Å². The number of carbonyl (C=O) groups excluding carboxylic acids is 1. The molecular weight excluding hydrogens is 210 g/mol. The van der Waals surface area contributed by atoms with Crippen LogP contribution >= 0.6 is 11.6 Å². The molecule has 0 saturated heterocycles. The molecule has 1 heterocycles. The predicted octanol–water partition coefficient (Wildman–Crippen LogP) is 3.51. The Labute approximate surface area is 92.2 Å². The van der Waals surface area contributed by atoms with Gasteiger partial charge in [0, 0.05) is 5.39 Å². The average Bonchev–Trinajstić information content (AvgIpc) is 3.00. The molecule has 3 rings (SSSR count). The van der Waals surface area contributed by atoms with Crippen molar-refractivity contribution in [1.82, 2.24) is 4.98 Å². The lowest BCUT2D eigenvalue weighted by Gasteiger charge is -1.96. The summed E-state index contributed by atoms with van der Waals surface area (Å²) >= 11 is 6.08. The number of aromatic amines is 1. The van der Waals surface area contributed by atoms with E-state index in [4.69, 9.17) is 11.6 Å². The van der Waals surface area contributed by atoms with Crippen LogP contribution in [0.2, 0.25) is 5.02 Å². The minimum Gasteiger partial charge on any atom is -0.351 e. The molecule has 1 saturated carbocycles. The van der Waals surface area contributed by atoms with Crippen LogP contribution in [-0.2, 0) is 0 Å². The third-order valence-corrected chi connectivity index (χ3v) is 3.27. The Morgan fingerprint density at radius 1 is 1.40 bits per heavy atom. The average molecular weight is 220 g/mol. The van der Waals surface area contributed by atoms with Crippen LogP contribution in [0.3, 0.4) is 0 Å². The second-order valence-electron chi connectivity index (χ2n) is 4.01. The maximum absolute atomic E-state index is 11.0. The van der Waals surface area contributed by atoms with E-state index in [1.807, 2.05) is 18.2 Å². The quantitative estimate of drug-likeness (QED) is 0.771. The Kier molecular flexibility index (Phi) is 1.86. The Bertz CT molecular complexity index is 540. The first-order valence-electron chi connectivity index (χ1n) is 5.06. The number of aldehydes is 1. The fourth-order valence-electron chi connectivity index (χ4n) is 2.13. The van der Waals surface area contributed by atoms with Crippen molar-refractivity contribution in [2.24, 2.45) is 0 Å². The van der Waals surface area contributed by atoms with E-state index in [9.17, 15) is 4.79 Å². The molecule has 2 nitrogen and oxygen atoms in total. The van der Waals surface area contributed by atoms with Crippen molar-refractivity contribution < 1.29 is 4.79 Å². The van der Waals surface area contributed by atoms with E-state index in [1.165, 1.54) is 12.8 Å². The zero-order chi connectivity index (χ0) is 10.4. The van der Waals surface area contributed by atoms with Gasteiger partial charge in [-0.2, -0.15) is 0 Å². The van der Waals surface area contributed by atoms with Crippen molar-refractivity contribution in [3.05, 3.63) is 34.5 Å². The molecule has 1 aromatic heterocycles. The molecule has 15 heavy (non-hydrogen) atoms. The maximum Gasteiger partial charge on any atom is 0.166 e. The molecule has 1 aliphatic rings. The number of hydrogen-bond acceptors (Lipinski definition) is 1. The summed E-state index contributed by atoms with van der Waals surface area (Å²) in [7, 11) is 0. The topological polar surface area (TPSA) is 32.9 Å². The first kappa shape index (κ1) is 8.98. The van der Waals surface area contributed by atoms with Crippen LogP contribution in [0.15, 0.2) is 18.2 Å². The number of H-pyrrole nitrogens is 1. The van der Waals surface area contributed by atoms with E-state index >= 15 is 0 Å². The van der Waals surface area contributed by atoms with Crippen LogP contribution in [0.1, 0.15) is 34.8 Å². The molecule has 3 heteroatoms. The Morgan fingerprint density at radius 2 is 2.20 bits per heavy atom. The Morgan fingerprint density at radius 3 is 2.87 bits per heavy atom. The van der Waals surface area contributed by atoms with Gasteiger partial charge in [0.1, 0.15) is 0 Å². The molecule has 0 amide bonds. The van der Waals surface area contributed by atoms with Crippen molar-refractivity contribution in [2.75, 3.05) is 0 Å². The van der Waals surface area contributed by atoms with E-state index in [1.54, 1.807) is 0 Å². The van der Waals surface area contributed by atoms with Crippen LogP contribution in [0.4, 0.5) is 0 Å². The van der Waals surface area contributed by atoms with Gasteiger partial charge in [0.2, 0.25) is 0 Å². The smallest absolute Gasteiger partial charge is 0.166 e. The highest BCUT2D eigenvalue weighted by Gasteiger charge is 2.29. The summed E-state index contributed by atoms with van der Waals surface area (Å²) < 4.78 is 0. The van der Waals surface area contributed by atoms with Crippen LogP contribution in [-0.4, -0.2) is 11.3 Å². The Balaban J connectivity index is 2.38. The monoisotopic (exact) mass is 219 g/mol. The number of fused-ring (bicyclic) bond motifs is 1. The van der Waals surface area contributed by atoms with Gasteiger partial charge in [-0.1, -0.05) is 23.7 Å². The fraction of sp³-hybridized carbons (Fsp3) is 0.250. The lowest BCUT2D eigenvalue weighted by molar-refractivity contribution is 0.111. The van der Waals surface area contributed by atoms with E-state index in [0.717, 1.165) is 22.8 Å². The van der Waals surface area contributed by atoms with Crippen LogP contribution in [0.5, 0.6) is 0 Å². The van der Waals surface area contributed by atoms with Crippen LogP contribution in [0, 0.1) is 0 Å². The van der Waals surface area contributed by atoms with Gasteiger partial charge in [-0.05, 0) is 30.4 Å². The molecular formula is C12H10ClNO. The van der Waals surface area contributed by atoms with Gasteiger partial charge in [0.05, 0.1) is 16.2 Å². The Hall–Kier alpha value is -1.28. The van der Waals surface area contributed by atoms with E-state index in [-0.39, 0.29) is 0 Å². The van der Waals surface area contributed by atoms with Gasteiger partial charge < -0.3 is 4.98 Å². The lowest BCUT2D eigenvalue weighted by Crippen LogP contribution is -1.85. The molecule has 0 unspecified atom stereocenters. The van der Waals surface area contributed by atoms with Crippen molar-refractivity contribution in [3.8, 4) is 0 Å². The molecule has 2 aromatic rings. The number of hydrogen-bond donors (Lipinski definition) is 1. The third kappa shape index (κ3) is 1.29. The molecule has 1 fully saturated rings. The van der Waals surface area contributed by atoms with Crippen LogP contribution < -0.4 is 0 Å². The summed E-state index contributed by atoms with van der Waals surface area (Å²) in [6, 6.07) is 5.79. The molecule has 1 aromatic carbocycles. The van der Waals surface area contributed by atoms with Gasteiger partial charge >= 0.3 is 0 Å². The molecule has 0 radical (unpaired) electrons. The molecule has 1 aliphatic carbocycles. The second-order valence-corrected chi connectivity index (χ2v) is 4.41. The zero-order valence-electron chi connectivity index (χ0n) is 8.09. The van der Waals surface area contributed by atoms with Gasteiger partial charge in [0.15, 0.2) is 6.29 Å². The number of carbonyl (C=O) groups is 1. The summed E-state index contributed by atoms with van der Waals surface area (Å²) in [6.45, 7) is 0. The van der Waals surface area contributed by atoms with Crippen molar-refractivity contribution in [2.45, 2.75) is 18.8 Å². The summed E-state index contributed by atoms with van der Waals surface area (Å²) in [5.41, 5.74) is 2.74. The summed E-state index contributed by atoms with van der Waals surface area (Å²) in [6.07, 6.45) is 3.25. The van der Waals surface area contributed by atoms with Gasteiger partial charge in [-0.3, -0.25) is 4.79 Å². The van der Waals surface area contributed by atoms with Gasteiger partial charge in [0.25, 0.3) is 0 Å². The number of aromatic nitrogens is 1. The normalized spacial score (nSPS) is 15.8. The SMILES string of the molecule is O=Cc1[nH]c2c(Cl)cccc2c1C1CC1.